The van der Waals surface area contributed by atoms with Crippen molar-refractivity contribution < 1.29 is 15.0 Å². The largest absolute Gasteiger partial charge is 0.478 e. The van der Waals surface area contributed by atoms with Crippen molar-refractivity contribution in [2.24, 2.45) is 5.92 Å². The molecule has 1 heterocycles. The van der Waals surface area contributed by atoms with Crippen LogP contribution in [0.3, 0.4) is 0 Å². The Morgan fingerprint density at radius 1 is 1.53 bits per heavy atom. The van der Waals surface area contributed by atoms with Crippen LogP contribution >= 0.6 is 0 Å². The number of piperidine rings is 1. The highest BCUT2D eigenvalue weighted by Gasteiger charge is 2.18. The Kier molecular flexibility index (Phi) is 6.22. The van der Waals surface area contributed by atoms with E-state index in [0.717, 1.165) is 32.5 Å². The smallest absolute Gasteiger partial charge is 0.331 e. The predicted octanol–water partition coefficient (Wildman–Crippen LogP) is 1.50. The van der Waals surface area contributed by atoms with Gasteiger partial charge in [-0.25, -0.2) is 4.79 Å². The Labute approximate surface area is 103 Å². The van der Waals surface area contributed by atoms with Gasteiger partial charge in [0.1, 0.15) is 0 Å². The number of carbonyl (C=O) groups is 1. The molecule has 1 atom stereocenters. The summed E-state index contributed by atoms with van der Waals surface area (Å²) in [5.74, 6) is -0.242. The van der Waals surface area contributed by atoms with Crippen molar-refractivity contribution in [2.45, 2.75) is 32.6 Å². The van der Waals surface area contributed by atoms with Crippen molar-refractivity contribution in [1.29, 1.82) is 0 Å². The molecule has 98 valence electrons. The van der Waals surface area contributed by atoms with E-state index in [1.165, 1.54) is 6.42 Å². The molecule has 0 aromatic rings. The summed E-state index contributed by atoms with van der Waals surface area (Å²) in [5, 5.41) is 17.8. The molecule has 0 spiro atoms. The van der Waals surface area contributed by atoms with E-state index < -0.39 is 5.97 Å². The second-order valence-corrected chi connectivity index (χ2v) is 4.67. The van der Waals surface area contributed by atoms with Crippen molar-refractivity contribution in [3.63, 3.8) is 0 Å². The first-order chi connectivity index (χ1) is 8.17. The highest BCUT2D eigenvalue weighted by molar-refractivity contribution is 5.86. The van der Waals surface area contributed by atoms with Crippen molar-refractivity contribution in [1.82, 2.24) is 4.90 Å². The summed E-state index contributed by atoms with van der Waals surface area (Å²) in [6.07, 6.45) is 5.58. The van der Waals surface area contributed by atoms with E-state index >= 15 is 0 Å². The number of carboxylic acid groups (broad SMARTS) is 1. The van der Waals surface area contributed by atoms with Crippen molar-refractivity contribution in [3.05, 3.63) is 11.6 Å². The Hall–Kier alpha value is -0.870. The molecule has 4 heteroatoms. The van der Waals surface area contributed by atoms with E-state index in [-0.39, 0.29) is 6.61 Å². The van der Waals surface area contributed by atoms with E-state index in [4.69, 9.17) is 10.2 Å². The van der Waals surface area contributed by atoms with Crippen LogP contribution in [-0.4, -0.2) is 47.3 Å². The third-order valence-electron chi connectivity index (χ3n) is 3.39. The standard InChI is InChI=1S/C13H23NO3/c1-2-12(13(16)17)5-8-14-7-3-4-11(10-14)6-9-15/h5,11,15H,2-4,6-10H2,1H3,(H,16,17). The summed E-state index contributed by atoms with van der Waals surface area (Å²) in [6.45, 7) is 4.86. The van der Waals surface area contributed by atoms with Crippen LogP contribution in [0, 0.1) is 5.92 Å². The van der Waals surface area contributed by atoms with Crippen LogP contribution in [0.5, 0.6) is 0 Å². The molecule has 1 aliphatic rings. The molecule has 4 nitrogen and oxygen atoms in total. The first kappa shape index (κ1) is 14.2. The third kappa shape index (κ3) is 4.88. The minimum absolute atomic E-state index is 0.254. The molecule has 0 amide bonds. The molecule has 1 fully saturated rings. The number of hydrogen-bond donors (Lipinski definition) is 2. The maximum atomic E-state index is 10.9. The minimum Gasteiger partial charge on any atom is -0.478 e. The average molecular weight is 241 g/mol. The first-order valence-corrected chi connectivity index (χ1v) is 6.42. The first-order valence-electron chi connectivity index (χ1n) is 6.42. The SMILES string of the molecule is CCC(=CCN1CCCC(CCO)C1)C(=O)O. The number of aliphatic carboxylic acids is 1. The van der Waals surface area contributed by atoms with Crippen LogP contribution in [0.25, 0.3) is 0 Å². The van der Waals surface area contributed by atoms with Gasteiger partial charge >= 0.3 is 5.97 Å². The lowest BCUT2D eigenvalue weighted by atomic mass is 9.95. The maximum Gasteiger partial charge on any atom is 0.331 e. The summed E-state index contributed by atoms with van der Waals surface area (Å²) in [4.78, 5) is 13.1. The molecule has 0 saturated carbocycles. The summed E-state index contributed by atoms with van der Waals surface area (Å²) in [5.41, 5.74) is 0.495. The highest BCUT2D eigenvalue weighted by atomic mass is 16.4. The monoisotopic (exact) mass is 241 g/mol. The van der Waals surface area contributed by atoms with Gasteiger partial charge in [0.05, 0.1) is 0 Å². The van der Waals surface area contributed by atoms with Gasteiger partial charge in [0.25, 0.3) is 0 Å². The fraction of sp³-hybridized carbons (Fsp3) is 0.769. The molecule has 1 unspecified atom stereocenters. The lowest BCUT2D eigenvalue weighted by molar-refractivity contribution is -0.132. The van der Waals surface area contributed by atoms with Crippen LogP contribution in [0.4, 0.5) is 0 Å². The average Bonchev–Trinajstić information content (AvgIpc) is 2.30. The Morgan fingerprint density at radius 3 is 2.88 bits per heavy atom. The lowest BCUT2D eigenvalue weighted by Gasteiger charge is -2.31. The van der Waals surface area contributed by atoms with Gasteiger partial charge in [-0.3, -0.25) is 4.90 Å². The molecule has 0 aliphatic carbocycles. The number of likely N-dealkylation sites (tertiary alicyclic amines) is 1. The second-order valence-electron chi connectivity index (χ2n) is 4.67. The molecule has 0 bridgehead atoms. The van der Waals surface area contributed by atoms with Gasteiger partial charge in [0, 0.05) is 25.3 Å². The fourth-order valence-corrected chi connectivity index (χ4v) is 2.36. The van der Waals surface area contributed by atoms with Gasteiger partial charge in [0.15, 0.2) is 0 Å². The van der Waals surface area contributed by atoms with Gasteiger partial charge in [-0.1, -0.05) is 13.0 Å². The summed E-state index contributed by atoms with van der Waals surface area (Å²) < 4.78 is 0. The zero-order valence-corrected chi connectivity index (χ0v) is 10.6. The Bertz CT molecular complexity index is 274. The number of aliphatic hydroxyl groups is 1. The van der Waals surface area contributed by atoms with E-state index in [1.807, 2.05) is 13.0 Å². The predicted molar refractivity (Wildman–Crippen MR) is 66.9 cm³/mol. The van der Waals surface area contributed by atoms with Crippen molar-refractivity contribution in [3.8, 4) is 0 Å². The number of nitrogens with zero attached hydrogens (tertiary/aromatic N) is 1. The van der Waals surface area contributed by atoms with Crippen LogP contribution in [0.2, 0.25) is 0 Å². The minimum atomic E-state index is -0.809. The normalized spacial score (nSPS) is 22.7. The fourth-order valence-electron chi connectivity index (χ4n) is 2.36. The molecule has 2 N–H and O–H groups in total. The van der Waals surface area contributed by atoms with E-state index in [2.05, 4.69) is 4.90 Å². The van der Waals surface area contributed by atoms with Crippen LogP contribution in [0.1, 0.15) is 32.6 Å². The molecule has 0 radical (unpaired) electrons. The molecular formula is C13H23NO3. The number of aliphatic hydroxyl groups excluding tert-OH is 1. The van der Waals surface area contributed by atoms with Crippen molar-refractivity contribution >= 4 is 5.97 Å². The van der Waals surface area contributed by atoms with Gasteiger partial charge in [0.2, 0.25) is 0 Å². The highest BCUT2D eigenvalue weighted by Crippen LogP contribution is 2.19. The van der Waals surface area contributed by atoms with E-state index in [9.17, 15) is 4.79 Å². The van der Waals surface area contributed by atoms with E-state index in [1.54, 1.807) is 0 Å². The summed E-state index contributed by atoms with van der Waals surface area (Å²) in [7, 11) is 0. The zero-order valence-electron chi connectivity index (χ0n) is 10.6. The Balaban J connectivity index is 2.43. The third-order valence-corrected chi connectivity index (χ3v) is 3.39. The zero-order chi connectivity index (χ0) is 12.7. The number of rotatable bonds is 6. The van der Waals surface area contributed by atoms with Gasteiger partial charge in [-0.05, 0) is 38.1 Å². The molecular weight excluding hydrogens is 218 g/mol. The van der Waals surface area contributed by atoms with Gasteiger partial charge in [-0.2, -0.15) is 0 Å². The lowest BCUT2D eigenvalue weighted by Crippen LogP contribution is -2.36. The van der Waals surface area contributed by atoms with Gasteiger partial charge < -0.3 is 10.2 Å². The van der Waals surface area contributed by atoms with Crippen LogP contribution in [-0.2, 0) is 4.79 Å². The maximum absolute atomic E-state index is 10.9. The number of carboxylic acids is 1. The van der Waals surface area contributed by atoms with E-state index in [0.29, 0.717) is 17.9 Å². The quantitative estimate of drug-likeness (QED) is 0.692. The summed E-state index contributed by atoms with van der Waals surface area (Å²) in [6, 6.07) is 0. The topological polar surface area (TPSA) is 60.8 Å². The molecule has 0 aromatic carbocycles. The Morgan fingerprint density at radius 2 is 2.29 bits per heavy atom. The van der Waals surface area contributed by atoms with Crippen molar-refractivity contribution in [2.75, 3.05) is 26.2 Å². The second kappa shape index (κ2) is 7.45. The molecule has 17 heavy (non-hydrogen) atoms. The molecule has 1 saturated heterocycles. The molecule has 1 rings (SSSR count). The van der Waals surface area contributed by atoms with Crippen LogP contribution < -0.4 is 0 Å². The van der Waals surface area contributed by atoms with Crippen LogP contribution in [0.15, 0.2) is 11.6 Å². The molecule has 1 aliphatic heterocycles. The summed E-state index contributed by atoms with van der Waals surface area (Å²) >= 11 is 0. The molecule has 0 aromatic heterocycles. The van der Waals surface area contributed by atoms with Gasteiger partial charge in [-0.15, -0.1) is 0 Å². The number of hydrogen-bond acceptors (Lipinski definition) is 3.